The van der Waals surface area contributed by atoms with E-state index in [9.17, 15) is 4.79 Å². The molecule has 0 aliphatic carbocycles. The summed E-state index contributed by atoms with van der Waals surface area (Å²) in [6.07, 6.45) is 0.830. The van der Waals surface area contributed by atoms with Crippen molar-refractivity contribution in [3.63, 3.8) is 0 Å². The van der Waals surface area contributed by atoms with Gasteiger partial charge in [0.25, 0.3) is 5.91 Å². The maximum absolute atomic E-state index is 12.3. The van der Waals surface area contributed by atoms with E-state index >= 15 is 0 Å². The second-order valence-electron chi connectivity index (χ2n) is 4.62. The zero-order valence-electron chi connectivity index (χ0n) is 10.7. The van der Waals surface area contributed by atoms with Gasteiger partial charge in [0.1, 0.15) is 5.76 Å². The first-order valence-electron chi connectivity index (χ1n) is 6.24. The highest BCUT2D eigenvalue weighted by Gasteiger charge is 2.26. The number of nitrogens with one attached hydrogen (secondary N) is 1. The van der Waals surface area contributed by atoms with Crippen molar-refractivity contribution in [1.29, 1.82) is 0 Å². The highest BCUT2D eigenvalue weighted by molar-refractivity contribution is 5.92. The van der Waals surface area contributed by atoms with Gasteiger partial charge in [-0.15, -0.1) is 0 Å². The first kappa shape index (κ1) is 12.2. The van der Waals surface area contributed by atoms with Crippen molar-refractivity contribution in [3.8, 4) is 0 Å². The summed E-state index contributed by atoms with van der Waals surface area (Å²) in [5.41, 5.74) is 1.07. The average molecular weight is 236 g/mol. The Morgan fingerprint density at radius 1 is 1.65 bits per heavy atom. The summed E-state index contributed by atoms with van der Waals surface area (Å²) in [6, 6.07) is 2.09. The summed E-state index contributed by atoms with van der Waals surface area (Å²) in [5.74, 6) is 1.41. The van der Waals surface area contributed by atoms with Gasteiger partial charge in [0, 0.05) is 32.1 Å². The van der Waals surface area contributed by atoms with Gasteiger partial charge in [0.2, 0.25) is 0 Å². The number of nitrogens with zero attached hydrogens (tertiary/aromatic N) is 1. The molecule has 17 heavy (non-hydrogen) atoms. The van der Waals surface area contributed by atoms with Crippen molar-refractivity contribution in [3.05, 3.63) is 23.2 Å². The van der Waals surface area contributed by atoms with Crippen LogP contribution in [0.25, 0.3) is 0 Å². The van der Waals surface area contributed by atoms with E-state index in [1.165, 1.54) is 0 Å². The number of piperazine rings is 1. The fourth-order valence-electron chi connectivity index (χ4n) is 2.26. The lowest BCUT2D eigenvalue weighted by atomic mass is 10.2. The molecule has 2 heterocycles. The largest absolute Gasteiger partial charge is 0.456 e. The molecule has 1 N–H and O–H groups in total. The van der Waals surface area contributed by atoms with Crippen LogP contribution in [-0.4, -0.2) is 36.5 Å². The number of furan rings is 1. The van der Waals surface area contributed by atoms with E-state index in [4.69, 9.17) is 4.42 Å². The molecule has 2 rings (SSSR count). The molecule has 94 valence electrons. The molecule has 0 radical (unpaired) electrons. The number of amides is 1. The number of carbonyl (C=O) groups is 1. The van der Waals surface area contributed by atoms with E-state index < -0.39 is 0 Å². The third-order valence-electron chi connectivity index (χ3n) is 3.31. The van der Waals surface area contributed by atoms with E-state index in [1.807, 2.05) is 24.8 Å². The molecule has 0 saturated carbocycles. The Labute approximate surface area is 102 Å². The second-order valence-corrected chi connectivity index (χ2v) is 4.62. The van der Waals surface area contributed by atoms with Crippen LogP contribution in [0, 0.1) is 6.92 Å². The predicted molar refractivity (Wildman–Crippen MR) is 66.2 cm³/mol. The highest BCUT2D eigenvalue weighted by Crippen LogP contribution is 2.18. The van der Waals surface area contributed by atoms with Crippen LogP contribution in [0.1, 0.15) is 35.7 Å². The molecule has 1 amide bonds. The van der Waals surface area contributed by atoms with Crippen LogP contribution < -0.4 is 5.32 Å². The summed E-state index contributed by atoms with van der Waals surface area (Å²) in [4.78, 5) is 14.2. The van der Waals surface area contributed by atoms with Crippen molar-refractivity contribution in [2.24, 2.45) is 0 Å². The van der Waals surface area contributed by atoms with Crippen LogP contribution in [0.5, 0.6) is 0 Å². The fourth-order valence-corrected chi connectivity index (χ4v) is 2.26. The molecule has 0 bridgehead atoms. The Bertz CT molecular complexity index is 412. The molecular formula is C13H20N2O2. The van der Waals surface area contributed by atoms with E-state index in [1.54, 1.807) is 0 Å². The quantitative estimate of drug-likeness (QED) is 0.848. The molecule has 1 atom stereocenters. The third kappa shape index (κ3) is 2.36. The second kappa shape index (κ2) is 4.92. The summed E-state index contributed by atoms with van der Waals surface area (Å²) < 4.78 is 5.62. The standard InChI is InChI=1S/C13H20N2O2/c1-4-11-9(2)7-12(17-11)13(16)15-6-5-14-8-10(15)3/h7,10,14H,4-6,8H2,1-3H3. The monoisotopic (exact) mass is 236 g/mol. The normalized spacial score (nSPS) is 20.6. The van der Waals surface area contributed by atoms with Gasteiger partial charge in [-0.3, -0.25) is 4.79 Å². The highest BCUT2D eigenvalue weighted by atomic mass is 16.4. The molecule has 4 nitrogen and oxygen atoms in total. The molecule has 1 aliphatic rings. The lowest BCUT2D eigenvalue weighted by Gasteiger charge is -2.33. The predicted octanol–water partition coefficient (Wildman–Crippen LogP) is 1.58. The van der Waals surface area contributed by atoms with Crippen LogP contribution in [0.15, 0.2) is 10.5 Å². The van der Waals surface area contributed by atoms with E-state index in [0.29, 0.717) is 5.76 Å². The number of hydrogen-bond donors (Lipinski definition) is 1. The molecule has 1 fully saturated rings. The van der Waals surface area contributed by atoms with Gasteiger partial charge in [0.15, 0.2) is 5.76 Å². The van der Waals surface area contributed by atoms with Gasteiger partial charge >= 0.3 is 0 Å². The average Bonchev–Trinajstić information content (AvgIpc) is 2.70. The number of aryl methyl sites for hydroxylation is 2. The summed E-state index contributed by atoms with van der Waals surface area (Å²) in [7, 11) is 0. The van der Waals surface area contributed by atoms with E-state index in [-0.39, 0.29) is 11.9 Å². The molecule has 1 aromatic heterocycles. The molecule has 4 heteroatoms. The molecule has 1 aromatic rings. The minimum absolute atomic E-state index is 0.0156. The Kier molecular flexibility index (Phi) is 3.52. The first-order chi connectivity index (χ1) is 8.13. The van der Waals surface area contributed by atoms with Crippen molar-refractivity contribution < 1.29 is 9.21 Å². The Morgan fingerprint density at radius 2 is 2.41 bits per heavy atom. The van der Waals surface area contributed by atoms with Gasteiger partial charge in [-0.2, -0.15) is 0 Å². The minimum atomic E-state index is 0.0156. The van der Waals surface area contributed by atoms with Crippen molar-refractivity contribution in [2.45, 2.75) is 33.2 Å². The minimum Gasteiger partial charge on any atom is -0.456 e. The van der Waals surface area contributed by atoms with Crippen LogP contribution >= 0.6 is 0 Å². The lowest BCUT2D eigenvalue weighted by Crippen LogP contribution is -2.52. The van der Waals surface area contributed by atoms with Gasteiger partial charge in [-0.05, 0) is 25.5 Å². The van der Waals surface area contributed by atoms with Gasteiger partial charge in [-0.1, -0.05) is 6.92 Å². The first-order valence-corrected chi connectivity index (χ1v) is 6.24. The maximum atomic E-state index is 12.3. The van der Waals surface area contributed by atoms with Gasteiger partial charge in [-0.25, -0.2) is 0 Å². The van der Waals surface area contributed by atoms with Crippen LogP contribution in [-0.2, 0) is 6.42 Å². The number of rotatable bonds is 2. The molecule has 1 saturated heterocycles. The Hall–Kier alpha value is -1.29. The maximum Gasteiger partial charge on any atom is 0.289 e. The van der Waals surface area contributed by atoms with Gasteiger partial charge in [0.05, 0.1) is 0 Å². The zero-order valence-corrected chi connectivity index (χ0v) is 10.7. The topological polar surface area (TPSA) is 45.5 Å². The number of hydrogen-bond acceptors (Lipinski definition) is 3. The smallest absolute Gasteiger partial charge is 0.289 e. The van der Waals surface area contributed by atoms with Crippen LogP contribution in [0.4, 0.5) is 0 Å². The van der Waals surface area contributed by atoms with Crippen molar-refractivity contribution in [1.82, 2.24) is 10.2 Å². The third-order valence-corrected chi connectivity index (χ3v) is 3.31. The van der Waals surface area contributed by atoms with Crippen molar-refractivity contribution in [2.75, 3.05) is 19.6 Å². The Balaban J connectivity index is 2.17. The zero-order chi connectivity index (χ0) is 12.4. The summed E-state index contributed by atoms with van der Waals surface area (Å²) in [6.45, 7) is 8.54. The summed E-state index contributed by atoms with van der Waals surface area (Å²) >= 11 is 0. The van der Waals surface area contributed by atoms with Crippen LogP contribution in [0.3, 0.4) is 0 Å². The molecule has 0 spiro atoms. The molecular weight excluding hydrogens is 216 g/mol. The fraction of sp³-hybridized carbons (Fsp3) is 0.615. The SMILES string of the molecule is CCc1oc(C(=O)N2CCNCC2C)cc1C. The lowest BCUT2D eigenvalue weighted by molar-refractivity contribution is 0.0621. The molecule has 1 aliphatic heterocycles. The van der Waals surface area contributed by atoms with E-state index in [2.05, 4.69) is 12.2 Å². The Morgan fingerprint density at radius 3 is 3.00 bits per heavy atom. The van der Waals surface area contributed by atoms with E-state index in [0.717, 1.165) is 37.4 Å². The van der Waals surface area contributed by atoms with Gasteiger partial charge < -0.3 is 14.6 Å². The molecule has 1 unspecified atom stereocenters. The summed E-state index contributed by atoms with van der Waals surface area (Å²) in [5, 5.41) is 3.27. The number of carbonyl (C=O) groups excluding carboxylic acids is 1. The molecule has 0 aromatic carbocycles. The van der Waals surface area contributed by atoms with Crippen molar-refractivity contribution >= 4 is 5.91 Å². The van der Waals surface area contributed by atoms with Crippen LogP contribution in [0.2, 0.25) is 0 Å².